The van der Waals surface area contributed by atoms with Crippen molar-refractivity contribution >= 4 is 0 Å². The molecule has 0 atom stereocenters. The van der Waals surface area contributed by atoms with E-state index in [0.717, 1.165) is 34.2 Å². The standard InChI is InChI=1S/3C10H8N2.2C6H11O3.3C2H3N.6ClH.4Cr/c3*1-3-7-11-9(5-1)10-6-2-4-8-12-10;2*1-2-6(3-7,4-8)5-9;3*1-2-3;;;;;;;;;;/h3*1-8H;2*2-5H2,1H3;3*1H3;6*1H;;;;/q;;;2*-3;;;;;;;;;;4*+3/p-6. The number of pyridine rings is 6. The smallest absolute Gasteiger partial charge is 1.00 e. The monoisotopic (exact) mass is 1270 g/mol. The van der Waals surface area contributed by atoms with Gasteiger partial charge < -0.3 is 105 Å². The first-order valence-corrected chi connectivity index (χ1v) is 19.5. The van der Waals surface area contributed by atoms with Crippen molar-refractivity contribution in [1.29, 1.82) is 15.8 Å². The summed E-state index contributed by atoms with van der Waals surface area (Å²) in [6, 6.07) is 40.0. The van der Waals surface area contributed by atoms with Crippen LogP contribution < -0.4 is 105 Å². The fourth-order valence-electron chi connectivity index (χ4n) is 3.95. The number of halogens is 6. The van der Waals surface area contributed by atoms with Crippen LogP contribution in [-0.4, -0.2) is 69.5 Å². The molecule has 73 heavy (non-hydrogen) atoms. The molecule has 6 aromatic rings. The fourth-order valence-corrected chi connectivity index (χ4v) is 3.95. The molecule has 6 aromatic heterocycles. The summed E-state index contributed by atoms with van der Waals surface area (Å²) in [5.74, 6) is 0. The SMILES string of the molecule is CC#N.CC#N.CC#N.CCC(C[O-])(C[O-])C[O-].CCC(C[O-])(C[O-])C[O-].[Cl-].[Cl-].[Cl-].[Cl-].[Cl-].[Cl-].[Cr+3].[Cr+3].[Cr+3].[Cr+3].c1ccc(-c2ccccn2)nc1.c1ccc(-c2ccccn2)nc1.c1ccc(-c2ccccn2)nc1. The number of hydrogen-bond acceptors (Lipinski definition) is 15. The van der Waals surface area contributed by atoms with Gasteiger partial charge in [-0.1, -0.05) is 73.9 Å². The number of rotatable bonds is 11. The predicted octanol–water partition coefficient (Wildman–Crippen LogP) is -15.0. The molecule has 0 saturated heterocycles. The Morgan fingerprint density at radius 1 is 0.329 bits per heavy atom. The minimum absolute atomic E-state index is 0. The van der Waals surface area contributed by atoms with Crippen LogP contribution in [0.5, 0.6) is 0 Å². The molecular formula is C48H55Cl6Cr4N9O6. The Balaban J connectivity index is -0.0000000595. The van der Waals surface area contributed by atoms with Crippen molar-refractivity contribution in [2.75, 3.05) is 39.6 Å². The van der Waals surface area contributed by atoms with E-state index in [1.54, 1.807) is 69.2 Å². The Bertz CT molecular complexity index is 1710. The van der Waals surface area contributed by atoms with Crippen molar-refractivity contribution in [1.82, 2.24) is 29.9 Å². The minimum atomic E-state index is -1.00. The van der Waals surface area contributed by atoms with E-state index < -0.39 is 50.5 Å². The van der Waals surface area contributed by atoms with Crippen LogP contribution in [0.25, 0.3) is 34.2 Å². The molecule has 15 nitrogen and oxygen atoms in total. The number of nitrogens with zero attached hydrogens (tertiary/aromatic N) is 9. The maximum Gasteiger partial charge on any atom is 3.00 e. The van der Waals surface area contributed by atoms with E-state index in [2.05, 4.69) is 29.9 Å². The van der Waals surface area contributed by atoms with Gasteiger partial charge in [-0.25, -0.2) is 0 Å². The topological polar surface area (TPSA) is 287 Å². The van der Waals surface area contributed by atoms with E-state index in [-0.39, 0.29) is 144 Å². The van der Waals surface area contributed by atoms with E-state index in [1.165, 1.54) is 20.8 Å². The van der Waals surface area contributed by atoms with Crippen LogP contribution in [0.4, 0.5) is 0 Å². The molecule has 6 heterocycles. The molecule has 394 valence electrons. The Hall–Kier alpha value is -3.00. The Morgan fingerprint density at radius 3 is 0.507 bits per heavy atom. The molecule has 4 radical (unpaired) electrons. The molecule has 0 aromatic carbocycles. The van der Waals surface area contributed by atoms with Gasteiger partial charge in [-0.2, -0.15) is 15.8 Å². The number of nitriles is 3. The van der Waals surface area contributed by atoms with Gasteiger partial charge >= 0.3 is 69.4 Å². The molecule has 0 aliphatic rings. The van der Waals surface area contributed by atoms with Crippen molar-refractivity contribution in [3.63, 3.8) is 0 Å². The summed E-state index contributed by atoms with van der Waals surface area (Å²) in [7, 11) is 0. The van der Waals surface area contributed by atoms with Crippen molar-refractivity contribution in [2.45, 2.75) is 47.5 Å². The molecule has 0 saturated carbocycles. The van der Waals surface area contributed by atoms with Crippen molar-refractivity contribution < 1.29 is 175 Å². The van der Waals surface area contributed by atoms with Crippen molar-refractivity contribution in [2.24, 2.45) is 10.8 Å². The van der Waals surface area contributed by atoms with Gasteiger partial charge in [0.25, 0.3) is 0 Å². The molecule has 0 aliphatic carbocycles. The quantitative estimate of drug-likeness (QED) is 0.116. The second kappa shape index (κ2) is 69.0. The van der Waals surface area contributed by atoms with E-state index in [9.17, 15) is 30.6 Å². The van der Waals surface area contributed by atoms with Crippen LogP contribution in [0, 0.1) is 44.8 Å². The molecule has 0 unspecified atom stereocenters. The predicted molar refractivity (Wildman–Crippen MR) is 231 cm³/mol. The van der Waals surface area contributed by atoms with Crippen molar-refractivity contribution in [3.05, 3.63) is 146 Å². The Morgan fingerprint density at radius 2 is 0.452 bits per heavy atom. The summed E-state index contributed by atoms with van der Waals surface area (Å²) in [4.78, 5) is 25.1. The van der Waals surface area contributed by atoms with Crippen LogP contribution in [0.2, 0.25) is 0 Å². The second-order valence-corrected chi connectivity index (χ2v) is 12.5. The van der Waals surface area contributed by atoms with Gasteiger partial charge in [0, 0.05) is 58.0 Å². The average molecular weight is 1270 g/mol. The first kappa shape index (κ1) is 99.1. The zero-order valence-electron chi connectivity index (χ0n) is 40.4. The minimum Gasteiger partial charge on any atom is -1.00 e. The van der Waals surface area contributed by atoms with E-state index in [0.29, 0.717) is 12.8 Å². The average Bonchev–Trinajstić information content (AvgIpc) is 3.37. The summed E-state index contributed by atoms with van der Waals surface area (Å²) in [5.41, 5.74) is 3.49. The molecule has 0 bridgehead atoms. The molecule has 0 amide bonds. The third-order valence-corrected chi connectivity index (χ3v) is 8.11. The van der Waals surface area contributed by atoms with Crippen LogP contribution in [0.15, 0.2) is 146 Å². The first-order valence-electron chi connectivity index (χ1n) is 19.5. The zero-order chi connectivity index (χ0) is 47.5. The van der Waals surface area contributed by atoms with Crippen LogP contribution in [-0.2, 0) is 69.4 Å². The molecule has 0 N–H and O–H groups in total. The van der Waals surface area contributed by atoms with Gasteiger partial charge in [-0.15, -0.1) is 39.6 Å². The Labute approximate surface area is 512 Å². The van der Waals surface area contributed by atoms with Crippen molar-refractivity contribution in [3.8, 4) is 52.4 Å². The summed E-state index contributed by atoms with van der Waals surface area (Å²) >= 11 is 0. The number of hydrogen-bond donors (Lipinski definition) is 0. The Kier molecular flexibility index (Phi) is 93.6. The van der Waals surface area contributed by atoms with Crippen LogP contribution in [0.1, 0.15) is 47.5 Å². The van der Waals surface area contributed by atoms with Crippen LogP contribution >= 0.6 is 0 Å². The molecule has 0 spiro atoms. The summed E-state index contributed by atoms with van der Waals surface area (Å²) < 4.78 is 0. The zero-order valence-corrected chi connectivity index (χ0v) is 50.0. The van der Waals surface area contributed by atoms with Gasteiger partial charge in [0.2, 0.25) is 0 Å². The molecule has 25 heteroatoms. The largest absolute Gasteiger partial charge is 3.00 e. The van der Waals surface area contributed by atoms with Gasteiger partial charge in [0.1, 0.15) is 0 Å². The first-order chi connectivity index (χ1) is 30.6. The molecule has 0 aliphatic heterocycles. The van der Waals surface area contributed by atoms with Gasteiger partial charge in [0.05, 0.1) is 52.4 Å². The second-order valence-electron chi connectivity index (χ2n) is 12.5. The van der Waals surface area contributed by atoms with Gasteiger partial charge in [-0.3, -0.25) is 29.9 Å². The maximum absolute atomic E-state index is 10.2. The maximum atomic E-state index is 10.2. The molecule has 0 fully saturated rings. The normalized spacial score (nSPS) is 8.05. The third kappa shape index (κ3) is 47.2. The summed E-state index contributed by atoms with van der Waals surface area (Å²) in [6.07, 6.45) is 11.4. The number of aromatic nitrogens is 6. The van der Waals surface area contributed by atoms with Crippen LogP contribution in [0.3, 0.4) is 0 Å². The van der Waals surface area contributed by atoms with E-state index >= 15 is 0 Å². The molecular weight excluding hydrogens is 1220 g/mol. The summed E-state index contributed by atoms with van der Waals surface area (Å²) in [5, 5.41) is 83.4. The third-order valence-electron chi connectivity index (χ3n) is 8.11. The molecule has 6 rings (SSSR count). The van der Waals surface area contributed by atoms with E-state index in [1.807, 2.05) is 109 Å². The van der Waals surface area contributed by atoms with Gasteiger partial charge in [0.15, 0.2) is 0 Å². The summed E-state index contributed by atoms with van der Waals surface area (Å²) in [6.45, 7) is 4.51. The van der Waals surface area contributed by atoms with E-state index in [4.69, 9.17) is 15.8 Å². The van der Waals surface area contributed by atoms with Gasteiger partial charge in [-0.05, 0) is 72.8 Å². The fraction of sp³-hybridized carbons (Fsp3) is 0.312.